The number of aryl methyl sites for hydroxylation is 1. The largest absolute Gasteiger partial charge is 0.397 e. The lowest BCUT2D eigenvalue weighted by Crippen LogP contribution is -1.85. The van der Waals surface area contributed by atoms with Crippen molar-refractivity contribution in [3.8, 4) is 0 Å². The number of anilines is 1. The maximum atomic E-state index is 5.36. The summed E-state index contributed by atoms with van der Waals surface area (Å²) in [5, 5.41) is 0. The smallest absolute Gasteiger partial charge is 0.0500 e. The van der Waals surface area contributed by atoms with Gasteiger partial charge in [-0.3, -0.25) is 4.98 Å². The molecule has 0 spiro atoms. The molecule has 0 unspecified atom stereocenters. The monoisotopic (exact) mass is 138 g/mol. The molecule has 0 fully saturated rings. The minimum absolute atomic E-state index is 0.718. The fourth-order valence-corrected chi connectivity index (χ4v) is 0.479. The van der Waals surface area contributed by atoms with E-state index in [4.69, 9.17) is 5.73 Å². The Hall–Kier alpha value is -1.05. The van der Waals surface area contributed by atoms with Crippen LogP contribution in [0.1, 0.15) is 19.5 Å². The second-order valence-corrected chi connectivity index (χ2v) is 1.73. The Bertz CT molecular complexity index is 146. The Morgan fingerprint density at radius 2 is 1.90 bits per heavy atom. The molecule has 0 amide bonds. The Morgan fingerprint density at radius 3 is 2.20 bits per heavy atom. The molecule has 0 saturated carbocycles. The van der Waals surface area contributed by atoms with Crippen molar-refractivity contribution >= 4 is 5.69 Å². The van der Waals surface area contributed by atoms with Crippen molar-refractivity contribution < 1.29 is 0 Å². The molecule has 0 aliphatic heterocycles. The van der Waals surface area contributed by atoms with E-state index in [0.29, 0.717) is 0 Å². The lowest BCUT2D eigenvalue weighted by atomic mass is 10.4. The summed E-state index contributed by atoms with van der Waals surface area (Å²) in [5.74, 6) is 0. The molecule has 1 rings (SSSR count). The summed E-state index contributed by atoms with van der Waals surface area (Å²) in [5.41, 5.74) is 7.08. The van der Waals surface area contributed by atoms with Crippen LogP contribution >= 0.6 is 0 Å². The SMILES string of the molecule is CC.Cc1ccc(N)cn1. The first-order valence-corrected chi connectivity index (χ1v) is 3.47. The second-order valence-electron chi connectivity index (χ2n) is 1.73. The van der Waals surface area contributed by atoms with Crippen LogP contribution in [0.25, 0.3) is 0 Å². The Balaban J connectivity index is 0.000000371. The van der Waals surface area contributed by atoms with Crippen molar-refractivity contribution in [2.24, 2.45) is 0 Å². The predicted octanol–water partition coefficient (Wildman–Crippen LogP) is 2.00. The summed E-state index contributed by atoms with van der Waals surface area (Å²) in [7, 11) is 0. The van der Waals surface area contributed by atoms with Gasteiger partial charge in [-0.05, 0) is 19.1 Å². The second kappa shape index (κ2) is 4.79. The number of hydrogen-bond acceptors (Lipinski definition) is 2. The van der Waals surface area contributed by atoms with Gasteiger partial charge in [0.15, 0.2) is 0 Å². The van der Waals surface area contributed by atoms with Crippen LogP contribution in [0.5, 0.6) is 0 Å². The summed E-state index contributed by atoms with van der Waals surface area (Å²) < 4.78 is 0. The van der Waals surface area contributed by atoms with Crippen molar-refractivity contribution in [1.29, 1.82) is 0 Å². The highest BCUT2D eigenvalue weighted by Gasteiger charge is 1.81. The van der Waals surface area contributed by atoms with Gasteiger partial charge >= 0.3 is 0 Å². The molecule has 2 N–H and O–H groups in total. The predicted molar refractivity (Wildman–Crippen MR) is 44.7 cm³/mol. The zero-order valence-electron chi connectivity index (χ0n) is 6.76. The zero-order chi connectivity index (χ0) is 7.98. The summed E-state index contributed by atoms with van der Waals surface area (Å²) in [6, 6.07) is 3.72. The van der Waals surface area contributed by atoms with E-state index in [2.05, 4.69) is 4.98 Å². The molecule has 0 atom stereocenters. The van der Waals surface area contributed by atoms with Crippen molar-refractivity contribution in [3.05, 3.63) is 24.0 Å². The fourth-order valence-electron chi connectivity index (χ4n) is 0.479. The van der Waals surface area contributed by atoms with Gasteiger partial charge in [0.25, 0.3) is 0 Å². The third kappa shape index (κ3) is 3.07. The standard InChI is InChI=1S/C6H8N2.C2H6/c1-5-2-3-6(7)4-8-5;1-2/h2-4H,7H2,1H3;1-2H3. The molecular weight excluding hydrogens is 124 g/mol. The molecule has 0 radical (unpaired) electrons. The van der Waals surface area contributed by atoms with E-state index in [1.807, 2.05) is 32.9 Å². The van der Waals surface area contributed by atoms with Gasteiger partial charge < -0.3 is 5.73 Å². The molecule has 0 aliphatic rings. The zero-order valence-corrected chi connectivity index (χ0v) is 6.76. The van der Waals surface area contributed by atoms with E-state index >= 15 is 0 Å². The molecule has 0 bridgehead atoms. The molecule has 1 heterocycles. The number of hydrogen-bond donors (Lipinski definition) is 1. The number of nitrogen functional groups attached to an aromatic ring is 1. The third-order valence-corrected chi connectivity index (χ3v) is 0.934. The van der Waals surface area contributed by atoms with Crippen LogP contribution in [0.3, 0.4) is 0 Å². The van der Waals surface area contributed by atoms with Crippen molar-refractivity contribution in [1.82, 2.24) is 4.98 Å². The van der Waals surface area contributed by atoms with Gasteiger partial charge in [0.2, 0.25) is 0 Å². The minimum atomic E-state index is 0.718. The summed E-state index contributed by atoms with van der Waals surface area (Å²) in [6.07, 6.45) is 1.65. The van der Waals surface area contributed by atoms with Crippen molar-refractivity contribution in [2.75, 3.05) is 5.73 Å². The van der Waals surface area contributed by atoms with Gasteiger partial charge in [-0.15, -0.1) is 0 Å². The van der Waals surface area contributed by atoms with Crippen LogP contribution in [-0.2, 0) is 0 Å². The van der Waals surface area contributed by atoms with E-state index in [0.717, 1.165) is 11.4 Å². The third-order valence-electron chi connectivity index (χ3n) is 0.934. The quantitative estimate of drug-likeness (QED) is 0.595. The average Bonchev–Trinajstić information content (AvgIpc) is 2.00. The van der Waals surface area contributed by atoms with Crippen molar-refractivity contribution in [2.45, 2.75) is 20.8 Å². The summed E-state index contributed by atoms with van der Waals surface area (Å²) in [6.45, 7) is 5.93. The Morgan fingerprint density at radius 1 is 1.30 bits per heavy atom. The first kappa shape index (κ1) is 8.95. The van der Waals surface area contributed by atoms with E-state index in [-0.39, 0.29) is 0 Å². The molecule has 2 heteroatoms. The van der Waals surface area contributed by atoms with Gasteiger partial charge in [0, 0.05) is 5.69 Å². The minimum Gasteiger partial charge on any atom is -0.397 e. The van der Waals surface area contributed by atoms with Crippen LogP contribution in [0.4, 0.5) is 5.69 Å². The number of aromatic nitrogens is 1. The first-order chi connectivity index (χ1) is 4.79. The first-order valence-electron chi connectivity index (χ1n) is 3.47. The number of nitrogens with zero attached hydrogens (tertiary/aromatic N) is 1. The highest BCUT2D eigenvalue weighted by atomic mass is 14.7. The topological polar surface area (TPSA) is 38.9 Å². The molecule has 1 aromatic heterocycles. The van der Waals surface area contributed by atoms with E-state index in [1.54, 1.807) is 6.20 Å². The molecule has 1 aromatic rings. The van der Waals surface area contributed by atoms with E-state index < -0.39 is 0 Å². The van der Waals surface area contributed by atoms with Crippen LogP contribution in [0.15, 0.2) is 18.3 Å². The highest BCUT2D eigenvalue weighted by molar-refractivity contribution is 5.34. The normalized spacial score (nSPS) is 7.90. The fraction of sp³-hybridized carbons (Fsp3) is 0.375. The number of rotatable bonds is 0. The molecule has 56 valence electrons. The molecule has 0 aliphatic carbocycles. The lowest BCUT2D eigenvalue weighted by molar-refractivity contribution is 1.20. The number of pyridine rings is 1. The van der Waals surface area contributed by atoms with Gasteiger partial charge in [0.05, 0.1) is 11.9 Å². The maximum absolute atomic E-state index is 5.36. The van der Waals surface area contributed by atoms with Gasteiger partial charge in [-0.25, -0.2) is 0 Å². The summed E-state index contributed by atoms with van der Waals surface area (Å²) in [4.78, 5) is 3.95. The van der Waals surface area contributed by atoms with Gasteiger partial charge in [0.1, 0.15) is 0 Å². The van der Waals surface area contributed by atoms with E-state index in [9.17, 15) is 0 Å². The molecule has 0 saturated heterocycles. The van der Waals surface area contributed by atoms with Gasteiger partial charge in [-0.2, -0.15) is 0 Å². The molecule has 10 heavy (non-hydrogen) atoms. The Kier molecular flexibility index (Phi) is 4.29. The maximum Gasteiger partial charge on any atom is 0.0500 e. The molecule has 2 nitrogen and oxygen atoms in total. The van der Waals surface area contributed by atoms with Crippen LogP contribution in [0.2, 0.25) is 0 Å². The summed E-state index contributed by atoms with van der Waals surface area (Å²) >= 11 is 0. The van der Waals surface area contributed by atoms with Crippen LogP contribution < -0.4 is 5.73 Å². The number of nitrogens with two attached hydrogens (primary N) is 1. The Labute approximate surface area is 62.1 Å². The van der Waals surface area contributed by atoms with Crippen LogP contribution in [0, 0.1) is 6.92 Å². The van der Waals surface area contributed by atoms with E-state index in [1.165, 1.54) is 0 Å². The van der Waals surface area contributed by atoms with Crippen LogP contribution in [-0.4, -0.2) is 4.98 Å². The lowest BCUT2D eigenvalue weighted by Gasteiger charge is -1.89. The highest BCUT2D eigenvalue weighted by Crippen LogP contribution is 1.97. The average molecular weight is 138 g/mol. The van der Waals surface area contributed by atoms with Crippen molar-refractivity contribution in [3.63, 3.8) is 0 Å². The molecular formula is C8H14N2. The molecule has 0 aromatic carbocycles. The van der Waals surface area contributed by atoms with Gasteiger partial charge in [-0.1, -0.05) is 13.8 Å².